The van der Waals surface area contributed by atoms with Crippen LogP contribution in [0.5, 0.6) is 0 Å². The Morgan fingerprint density at radius 2 is 1.94 bits per heavy atom. The van der Waals surface area contributed by atoms with Crippen molar-refractivity contribution in [2.75, 3.05) is 0 Å². The second-order valence-electron chi connectivity index (χ2n) is 6.67. The minimum Gasteiger partial charge on any atom is -0.311 e. The van der Waals surface area contributed by atoms with Crippen molar-refractivity contribution in [2.24, 2.45) is 11.3 Å². The largest absolute Gasteiger partial charge is 0.311 e. The molecule has 1 rings (SSSR count). The lowest BCUT2D eigenvalue weighted by Crippen LogP contribution is -2.44. The summed E-state index contributed by atoms with van der Waals surface area (Å²) >= 11 is 0. The molecule has 16 heavy (non-hydrogen) atoms. The first-order chi connectivity index (χ1) is 7.46. The molecule has 0 amide bonds. The van der Waals surface area contributed by atoms with E-state index in [1.807, 2.05) is 0 Å². The van der Waals surface area contributed by atoms with Crippen LogP contribution in [0.15, 0.2) is 0 Å². The maximum atomic E-state index is 3.89. The van der Waals surface area contributed by atoms with Crippen molar-refractivity contribution in [1.82, 2.24) is 5.32 Å². The maximum Gasteiger partial charge on any atom is 0.00772 e. The molecule has 1 saturated carbocycles. The Hall–Kier alpha value is -0.0400. The Balaban J connectivity index is 2.46. The van der Waals surface area contributed by atoms with E-state index in [0.29, 0.717) is 5.41 Å². The van der Waals surface area contributed by atoms with Crippen LogP contribution in [0.2, 0.25) is 0 Å². The topological polar surface area (TPSA) is 12.0 Å². The van der Waals surface area contributed by atoms with E-state index < -0.39 is 0 Å². The Labute approximate surface area is 102 Å². The van der Waals surface area contributed by atoms with E-state index in [2.05, 4.69) is 39.9 Å². The monoisotopic (exact) mass is 225 g/mol. The first-order valence-corrected chi connectivity index (χ1v) is 7.23. The fourth-order valence-electron chi connectivity index (χ4n) is 3.56. The number of hydrogen-bond donors (Lipinski definition) is 1. The summed E-state index contributed by atoms with van der Waals surface area (Å²) in [4.78, 5) is 0. The van der Waals surface area contributed by atoms with Crippen LogP contribution in [-0.4, -0.2) is 12.1 Å². The van der Waals surface area contributed by atoms with Gasteiger partial charge in [0.25, 0.3) is 0 Å². The lowest BCUT2D eigenvalue weighted by Gasteiger charge is -2.40. The molecule has 0 saturated heterocycles. The highest BCUT2D eigenvalue weighted by Crippen LogP contribution is 2.38. The summed E-state index contributed by atoms with van der Waals surface area (Å²) in [7, 11) is 0. The van der Waals surface area contributed by atoms with Crippen LogP contribution in [0, 0.1) is 11.3 Å². The van der Waals surface area contributed by atoms with E-state index in [-0.39, 0.29) is 0 Å². The second kappa shape index (κ2) is 6.05. The van der Waals surface area contributed by atoms with E-state index in [9.17, 15) is 0 Å². The van der Waals surface area contributed by atoms with Crippen molar-refractivity contribution in [3.8, 4) is 0 Å². The highest BCUT2D eigenvalue weighted by atomic mass is 15.0. The SMILES string of the molecule is CCCC(CC)NC1CC(C)CC(C)(C)C1. The van der Waals surface area contributed by atoms with Gasteiger partial charge in [-0.1, -0.05) is 41.0 Å². The number of rotatable bonds is 5. The van der Waals surface area contributed by atoms with Crippen LogP contribution >= 0.6 is 0 Å². The molecule has 1 fully saturated rings. The Kier molecular flexibility index (Phi) is 5.30. The molecule has 0 heterocycles. The van der Waals surface area contributed by atoms with Crippen molar-refractivity contribution >= 4 is 0 Å². The molecule has 1 heteroatoms. The van der Waals surface area contributed by atoms with Gasteiger partial charge in [-0.25, -0.2) is 0 Å². The van der Waals surface area contributed by atoms with Gasteiger partial charge in [-0.05, 0) is 43.4 Å². The smallest absolute Gasteiger partial charge is 0.00772 e. The van der Waals surface area contributed by atoms with E-state index in [1.54, 1.807) is 0 Å². The number of nitrogens with one attached hydrogen (secondary N) is 1. The zero-order valence-corrected chi connectivity index (χ0v) is 12.0. The molecule has 1 N–H and O–H groups in total. The highest BCUT2D eigenvalue weighted by molar-refractivity contribution is 4.87. The van der Waals surface area contributed by atoms with Gasteiger partial charge in [0, 0.05) is 12.1 Å². The predicted molar refractivity (Wildman–Crippen MR) is 72.7 cm³/mol. The average Bonchev–Trinajstić information content (AvgIpc) is 2.13. The third kappa shape index (κ3) is 4.45. The fourth-order valence-corrected chi connectivity index (χ4v) is 3.56. The first kappa shape index (κ1) is 14.0. The quantitative estimate of drug-likeness (QED) is 0.732. The maximum absolute atomic E-state index is 3.89. The molecule has 0 aromatic heterocycles. The molecule has 0 aliphatic heterocycles. The van der Waals surface area contributed by atoms with Crippen molar-refractivity contribution in [2.45, 2.75) is 85.2 Å². The van der Waals surface area contributed by atoms with Crippen molar-refractivity contribution in [1.29, 1.82) is 0 Å². The van der Waals surface area contributed by atoms with Crippen molar-refractivity contribution in [3.05, 3.63) is 0 Å². The first-order valence-electron chi connectivity index (χ1n) is 7.23. The highest BCUT2D eigenvalue weighted by Gasteiger charge is 2.32. The molecule has 3 atom stereocenters. The van der Waals surface area contributed by atoms with Gasteiger partial charge < -0.3 is 5.32 Å². The predicted octanol–water partition coefficient (Wildman–Crippen LogP) is 4.37. The standard InChI is InChI=1S/C15H31N/c1-6-8-13(7-2)16-14-9-12(3)10-15(4,5)11-14/h12-14,16H,6-11H2,1-5H3. The summed E-state index contributed by atoms with van der Waals surface area (Å²) in [5.74, 6) is 0.889. The van der Waals surface area contributed by atoms with Crippen molar-refractivity contribution in [3.63, 3.8) is 0 Å². The minimum atomic E-state index is 0.542. The van der Waals surface area contributed by atoms with Gasteiger partial charge in [0.2, 0.25) is 0 Å². The van der Waals surface area contributed by atoms with E-state index in [0.717, 1.165) is 18.0 Å². The van der Waals surface area contributed by atoms with Gasteiger partial charge in [0.05, 0.1) is 0 Å². The zero-order chi connectivity index (χ0) is 12.2. The van der Waals surface area contributed by atoms with Gasteiger partial charge in [0.1, 0.15) is 0 Å². The third-order valence-electron chi connectivity index (χ3n) is 3.99. The molecule has 1 aliphatic rings. The molecule has 96 valence electrons. The van der Waals surface area contributed by atoms with Crippen LogP contribution < -0.4 is 5.32 Å². The minimum absolute atomic E-state index is 0.542. The molecular weight excluding hydrogens is 194 g/mol. The molecule has 0 aromatic rings. The summed E-state index contributed by atoms with van der Waals surface area (Å²) in [5, 5.41) is 3.89. The lowest BCUT2D eigenvalue weighted by atomic mass is 9.70. The molecule has 1 aliphatic carbocycles. The summed E-state index contributed by atoms with van der Waals surface area (Å²) in [6.45, 7) is 11.9. The zero-order valence-electron chi connectivity index (χ0n) is 12.0. The Bertz CT molecular complexity index is 198. The van der Waals surface area contributed by atoms with Crippen LogP contribution in [0.1, 0.15) is 73.1 Å². The molecule has 1 nitrogen and oxygen atoms in total. The Morgan fingerprint density at radius 3 is 2.44 bits per heavy atom. The van der Waals surface area contributed by atoms with E-state index >= 15 is 0 Å². The van der Waals surface area contributed by atoms with Crippen LogP contribution in [0.4, 0.5) is 0 Å². The summed E-state index contributed by atoms with van der Waals surface area (Å²) in [6, 6.07) is 1.51. The molecular formula is C15H31N. The van der Waals surface area contributed by atoms with Crippen LogP contribution in [0.3, 0.4) is 0 Å². The molecule has 3 unspecified atom stereocenters. The summed E-state index contributed by atoms with van der Waals surface area (Å²) in [5.41, 5.74) is 0.542. The molecule has 0 aromatic carbocycles. The molecule has 0 spiro atoms. The van der Waals surface area contributed by atoms with Crippen LogP contribution in [0.25, 0.3) is 0 Å². The second-order valence-corrected chi connectivity index (χ2v) is 6.67. The normalized spacial score (nSPS) is 31.3. The van der Waals surface area contributed by atoms with Gasteiger partial charge in [-0.15, -0.1) is 0 Å². The fraction of sp³-hybridized carbons (Fsp3) is 1.00. The van der Waals surface area contributed by atoms with Gasteiger partial charge >= 0.3 is 0 Å². The van der Waals surface area contributed by atoms with Crippen molar-refractivity contribution < 1.29 is 0 Å². The molecule has 0 radical (unpaired) electrons. The van der Waals surface area contributed by atoms with Gasteiger partial charge in [0.15, 0.2) is 0 Å². The molecule has 0 bridgehead atoms. The van der Waals surface area contributed by atoms with Gasteiger partial charge in [-0.2, -0.15) is 0 Å². The van der Waals surface area contributed by atoms with Crippen LogP contribution in [-0.2, 0) is 0 Å². The summed E-state index contributed by atoms with van der Waals surface area (Å²) < 4.78 is 0. The van der Waals surface area contributed by atoms with Gasteiger partial charge in [-0.3, -0.25) is 0 Å². The van der Waals surface area contributed by atoms with E-state index in [4.69, 9.17) is 0 Å². The number of hydrogen-bond acceptors (Lipinski definition) is 1. The average molecular weight is 225 g/mol. The Morgan fingerprint density at radius 1 is 1.25 bits per heavy atom. The third-order valence-corrected chi connectivity index (χ3v) is 3.99. The van der Waals surface area contributed by atoms with E-state index in [1.165, 1.54) is 38.5 Å². The summed E-state index contributed by atoms with van der Waals surface area (Å²) in [6.07, 6.45) is 8.05. The lowest BCUT2D eigenvalue weighted by molar-refractivity contribution is 0.142.